The molecular formula is C11H18O5S. The van der Waals surface area contributed by atoms with Crippen LogP contribution in [-0.4, -0.2) is 33.0 Å². The summed E-state index contributed by atoms with van der Waals surface area (Å²) in [5, 5.41) is 0. The van der Waals surface area contributed by atoms with Crippen LogP contribution in [0.5, 0.6) is 0 Å². The zero-order valence-electron chi connectivity index (χ0n) is 10.4. The predicted octanol–water partition coefficient (Wildman–Crippen LogP) is 1.95. The van der Waals surface area contributed by atoms with Crippen molar-refractivity contribution in [3.05, 3.63) is 30.3 Å². The molecule has 0 aliphatic rings. The van der Waals surface area contributed by atoms with Crippen molar-refractivity contribution in [1.29, 1.82) is 0 Å². The summed E-state index contributed by atoms with van der Waals surface area (Å²) < 4.78 is 39.0. The molecule has 6 heteroatoms. The van der Waals surface area contributed by atoms with E-state index in [1.54, 1.807) is 32.4 Å². The number of rotatable bonds is 3. The van der Waals surface area contributed by atoms with Crippen LogP contribution in [-0.2, 0) is 19.6 Å². The van der Waals surface area contributed by atoms with Gasteiger partial charge in [0.2, 0.25) is 0 Å². The van der Waals surface area contributed by atoms with Gasteiger partial charge in [-0.2, -0.15) is 8.42 Å². The van der Waals surface area contributed by atoms with E-state index in [2.05, 4.69) is 0 Å². The first-order chi connectivity index (χ1) is 7.73. The molecule has 0 saturated heterocycles. The van der Waals surface area contributed by atoms with Gasteiger partial charge in [-0.3, -0.25) is 4.55 Å². The van der Waals surface area contributed by atoms with Gasteiger partial charge in [0.1, 0.15) is 0 Å². The molecule has 0 aliphatic carbocycles. The van der Waals surface area contributed by atoms with Crippen molar-refractivity contribution in [1.82, 2.24) is 0 Å². The van der Waals surface area contributed by atoms with Crippen molar-refractivity contribution >= 4 is 10.1 Å². The molecular weight excluding hydrogens is 244 g/mol. The Kier molecular flexibility index (Phi) is 6.33. The summed E-state index contributed by atoms with van der Waals surface area (Å²) in [6, 6.07) is 7.42. The van der Waals surface area contributed by atoms with Crippen LogP contribution in [0.2, 0.25) is 0 Å². The maximum Gasteiger partial charge on any atom is 0.294 e. The number of hydrogen-bond acceptors (Lipinski definition) is 4. The molecule has 0 saturated carbocycles. The monoisotopic (exact) mass is 262 g/mol. The minimum absolute atomic E-state index is 0.0741. The summed E-state index contributed by atoms with van der Waals surface area (Å²) in [6.45, 7) is 3.71. The largest absolute Gasteiger partial charge is 0.354 e. The summed E-state index contributed by atoms with van der Waals surface area (Å²) in [7, 11) is -0.774. The van der Waals surface area contributed by atoms with E-state index in [1.165, 1.54) is 12.1 Å². The SMILES string of the molecule is COC(C)(C)OC.O=S(=O)(O)c1ccccc1. The molecule has 0 unspecified atom stereocenters. The number of methoxy groups -OCH3 is 2. The Bertz CT molecular complexity index is 405. The molecule has 0 radical (unpaired) electrons. The summed E-state index contributed by atoms with van der Waals surface area (Å²) in [5.74, 6) is -0.417. The Labute approximate surface area is 102 Å². The van der Waals surface area contributed by atoms with Crippen molar-refractivity contribution in [2.24, 2.45) is 0 Å². The van der Waals surface area contributed by atoms with Crippen molar-refractivity contribution < 1.29 is 22.4 Å². The lowest BCUT2D eigenvalue weighted by atomic mass is 10.4. The fraction of sp³-hybridized carbons (Fsp3) is 0.455. The van der Waals surface area contributed by atoms with Crippen LogP contribution < -0.4 is 0 Å². The van der Waals surface area contributed by atoms with Crippen LogP contribution in [0.4, 0.5) is 0 Å². The van der Waals surface area contributed by atoms with Crippen molar-refractivity contribution in [2.45, 2.75) is 24.5 Å². The molecule has 0 fully saturated rings. The molecule has 98 valence electrons. The van der Waals surface area contributed by atoms with E-state index in [0.29, 0.717) is 0 Å². The van der Waals surface area contributed by atoms with Gasteiger partial charge >= 0.3 is 0 Å². The second kappa shape index (κ2) is 6.70. The van der Waals surface area contributed by atoms with Gasteiger partial charge in [0.15, 0.2) is 5.79 Å². The third-order valence-corrected chi connectivity index (χ3v) is 2.89. The Morgan fingerprint density at radius 3 is 1.65 bits per heavy atom. The maximum atomic E-state index is 10.4. The molecule has 1 N–H and O–H groups in total. The third kappa shape index (κ3) is 7.06. The van der Waals surface area contributed by atoms with Crippen molar-refractivity contribution in [3.8, 4) is 0 Å². The minimum Gasteiger partial charge on any atom is -0.354 e. The Morgan fingerprint density at radius 1 is 1.06 bits per heavy atom. The zero-order valence-corrected chi connectivity index (χ0v) is 11.2. The quantitative estimate of drug-likeness (QED) is 0.665. The van der Waals surface area contributed by atoms with Crippen LogP contribution in [0.15, 0.2) is 35.2 Å². The van der Waals surface area contributed by atoms with E-state index in [4.69, 9.17) is 14.0 Å². The Balaban J connectivity index is 0.000000325. The Hall–Kier alpha value is -0.950. The van der Waals surface area contributed by atoms with Gasteiger partial charge in [-0.25, -0.2) is 0 Å². The summed E-state index contributed by atoms with van der Waals surface area (Å²) in [5.41, 5.74) is 0. The Morgan fingerprint density at radius 2 is 1.47 bits per heavy atom. The second-order valence-corrected chi connectivity index (χ2v) is 5.02. The average molecular weight is 262 g/mol. The summed E-state index contributed by atoms with van der Waals surface area (Å²) in [6.07, 6.45) is 0. The highest BCUT2D eigenvalue weighted by molar-refractivity contribution is 7.85. The molecule has 1 aromatic rings. The van der Waals surface area contributed by atoms with E-state index in [-0.39, 0.29) is 4.90 Å². The predicted molar refractivity (Wildman–Crippen MR) is 64.4 cm³/mol. The standard InChI is InChI=1S/C6H6O3S.C5H12O2/c7-10(8,9)6-4-2-1-3-5-6;1-5(2,6-3)7-4/h1-5H,(H,7,8,9);1-4H3. The fourth-order valence-corrected chi connectivity index (χ4v) is 1.18. The van der Waals surface area contributed by atoms with E-state index in [9.17, 15) is 8.42 Å². The van der Waals surface area contributed by atoms with E-state index in [0.717, 1.165) is 0 Å². The van der Waals surface area contributed by atoms with Gasteiger partial charge in [-0.15, -0.1) is 0 Å². The van der Waals surface area contributed by atoms with Crippen LogP contribution in [0.1, 0.15) is 13.8 Å². The van der Waals surface area contributed by atoms with Crippen LogP contribution in [0, 0.1) is 0 Å². The number of benzene rings is 1. The van der Waals surface area contributed by atoms with E-state index < -0.39 is 15.9 Å². The molecule has 0 spiro atoms. The molecule has 0 aromatic heterocycles. The highest BCUT2D eigenvalue weighted by atomic mass is 32.2. The highest BCUT2D eigenvalue weighted by Gasteiger charge is 2.12. The van der Waals surface area contributed by atoms with Gasteiger partial charge in [-0.1, -0.05) is 18.2 Å². The normalized spacial score (nSPS) is 11.6. The molecule has 1 rings (SSSR count). The molecule has 5 nitrogen and oxygen atoms in total. The van der Waals surface area contributed by atoms with Crippen LogP contribution >= 0.6 is 0 Å². The van der Waals surface area contributed by atoms with Crippen LogP contribution in [0.3, 0.4) is 0 Å². The van der Waals surface area contributed by atoms with Gasteiger partial charge < -0.3 is 9.47 Å². The number of hydrogen-bond donors (Lipinski definition) is 1. The lowest BCUT2D eigenvalue weighted by molar-refractivity contribution is -0.178. The molecule has 0 aliphatic heterocycles. The molecule has 0 atom stereocenters. The minimum atomic E-state index is -4.00. The second-order valence-electron chi connectivity index (χ2n) is 3.60. The first-order valence-corrected chi connectivity index (χ1v) is 6.30. The van der Waals surface area contributed by atoms with Crippen LogP contribution in [0.25, 0.3) is 0 Å². The molecule has 0 amide bonds. The molecule has 1 aromatic carbocycles. The first kappa shape index (κ1) is 16.1. The highest BCUT2D eigenvalue weighted by Crippen LogP contribution is 2.05. The molecule has 17 heavy (non-hydrogen) atoms. The van der Waals surface area contributed by atoms with Crippen molar-refractivity contribution in [2.75, 3.05) is 14.2 Å². The third-order valence-electron chi connectivity index (χ3n) is 2.02. The van der Waals surface area contributed by atoms with Gasteiger partial charge in [0.25, 0.3) is 10.1 Å². The molecule has 0 bridgehead atoms. The van der Waals surface area contributed by atoms with Gasteiger partial charge in [0.05, 0.1) is 4.90 Å². The first-order valence-electron chi connectivity index (χ1n) is 4.86. The van der Waals surface area contributed by atoms with Gasteiger partial charge in [0, 0.05) is 14.2 Å². The van der Waals surface area contributed by atoms with E-state index >= 15 is 0 Å². The summed E-state index contributed by atoms with van der Waals surface area (Å²) >= 11 is 0. The fourth-order valence-electron chi connectivity index (χ4n) is 0.676. The lowest BCUT2D eigenvalue weighted by Gasteiger charge is -2.19. The lowest BCUT2D eigenvalue weighted by Crippen LogP contribution is -2.24. The van der Waals surface area contributed by atoms with Gasteiger partial charge in [-0.05, 0) is 26.0 Å². The van der Waals surface area contributed by atoms with Crippen molar-refractivity contribution in [3.63, 3.8) is 0 Å². The van der Waals surface area contributed by atoms with E-state index in [1.807, 2.05) is 13.8 Å². The maximum absolute atomic E-state index is 10.4. The smallest absolute Gasteiger partial charge is 0.294 e. The zero-order chi connectivity index (χ0) is 13.5. The summed E-state index contributed by atoms with van der Waals surface area (Å²) in [4.78, 5) is -0.0741. The topological polar surface area (TPSA) is 72.8 Å². The molecule has 0 heterocycles. The average Bonchev–Trinajstić information content (AvgIpc) is 2.30. The number of ether oxygens (including phenoxy) is 2.